The number of benzene rings is 3. The Morgan fingerprint density at radius 3 is 2.44 bits per heavy atom. The van der Waals surface area contributed by atoms with Crippen LogP contribution in [-0.4, -0.2) is 24.5 Å². The molecular formula is C26H20N6O2. The van der Waals surface area contributed by atoms with Gasteiger partial charge in [0.05, 0.1) is 27.7 Å². The van der Waals surface area contributed by atoms with E-state index >= 15 is 0 Å². The van der Waals surface area contributed by atoms with Crippen molar-refractivity contribution in [3.05, 3.63) is 112 Å². The van der Waals surface area contributed by atoms with Gasteiger partial charge >= 0.3 is 0 Å². The summed E-state index contributed by atoms with van der Waals surface area (Å²) in [5.74, 6) is 0. The Bertz CT molecular complexity index is 1520. The van der Waals surface area contributed by atoms with Crippen molar-refractivity contribution < 1.29 is 4.92 Å². The lowest BCUT2D eigenvalue weighted by Crippen LogP contribution is -2.25. The molecule has 3 aromatic carbocycles. The van der Waals surface area contributed by atoms with E-state index in [0.29, 0.717) is 0 Å². The van der Waals surface area contributed by atoms with Gasteiger partial charge in [0.2, 0.25) is 0 Å². The van der Waals surface area contributed by atoms with Crippen LogP contribution in [0.15, 0.2) is 91.1 Å². The molecule has 0 saturated heterocycles. The Morgan fingerprint density at radius 2 is 1.68 bits per heavy atom. The first-order chi connectivity index (χ1) is 16.6. The largest absolute Gasteiger partial charge is 0.359 e. The minimum absolute atomic E-state index is 0.0440. The smallest absolute Gasteiger partial charge is 0.269 e. The molecule has 0 saturated carbocycles. The van der Waals surface area contributed by atoms with Gasteiger partial charge in [-0.05, 0) is 43.3 Å². The number of non-ortho nitro benzene ring substituents is 1. The zero-order valence-electron chi connectivity index (χ0n) is 18.3. The minimum atomic E-state index is -0.397. The molecule has 8 nitrogen and oxygen atoms in total. The average molecular weight is 448 g/mol. The molecule has 0 amide bonds. The highest BCUT2D eigenvalue weighted by Crippen LogP contribution is 2.41. The first-order valence-electron chi connectivity index (χ1n) is 10.9. The third kappa shape index (κ3) is 3.24. The van der Waals surface area contributed by atoms with Crippen LogP contribution in [0.3, 0.4) is 0 Å². The second-order valence-electron chi connectivity index (χ2n) is 8.23. The molecular weight excluding hydrogens is 428 g/mol. The van der Waals surface area contributed by atoms with Crippen molar-refractivity contribution >= 4 is 11.4 Å². The highest BCUT2D eigenvalue weighted by atomic mass is 16.6. The highest BCUT2D eigenvalue weighted by molar-refractivity contribution is 5.79. The molecule has 1 aliphatic heterocycles. The SMILES string of the molecule is Cc1cc2n(n1)C(c1cn(-c3ccccc3)nc1-c1ccc([N+](=O)[O-])cc1)Nc1ccccc1-2. The number of fused-ring (bicyclic) bond motifs is 3. The van der Waals surface area contributed by atoms with E-state index in [1.165, 1.54) is 12.1 Å². The maximum absolute atomic E-state index is 11.2. The Labute approximate surface area is 195 Å². The van der Waals surface area contributed by atoms with Gasteiger partial charge in [0.25, 0.3) is 5.69 Å². The summed E-state index contributed by atoms with van der Waals surface area (Å²) in [4.78, 5) is 10.8. The van der Waals surface area contributed by atoms with E-state index < -0.39 is 4.92 Å². The third-order valence-corrected chi connectivity index (χ3v) is 6.01. The number of aromatic nitrogens is 4. The third-order valence-electron chi connectivity index (χ3n) is 6.01. The molecule has 0 bridgehead atoms. The normalized spacial score (nSPS) is 14.2. The summed E-state index contributed by atoms with van der Waals surface area (Å²) in [6.45, 7) is 1.98. The molecule has 5 aromatic rings. The molecule has 0 spiro atoms. The van der Waals surface area contributed by atoms with Crippen LogP contribution >= 0.6 is 0 Å². The molecule has 166 valence electrons. The van der Waals surface area contributed by atoms with E-state index in [9.17, 15) is 10.1 Å². The number of para-hydroxylation sites is 2. The number of nitro groups is 1. The van der Waals surface area contributed by atoms with Gasteiger partial charge in [-0.1, -0.05) is 36.4 Å². The monoisotopic (exact) mass is 448 g/mol. The summed E-state index contributed by atoms with van der Waals surface area (Å²) >= 11 is 0. The summed E-state index contributed by atoms with van der Waals surface area (Å²) in [6.07, 6.45) is 1.69. The lowest BCUT2D eigenvalue weighted by molar-refractivity contribution is -0.384. The van der Waals surface area contributed by atoms with E-state index in [0.717, 1.165) is 45.1 Å². The van der Waals surface area contributed by atoms with E-state index in [1.807, 2.05) is 64.9 Å². The van der Waals surface area contributed by atoms with Gasteiger partial charge in [-0.2, -0.15) is 10.2 Å². The zero-order chi connectivity index (χ0) is 23.2. The van der Waals surface area contributed by atoms with E-state index in [-0.39, 0.29) is 11.9 Å². The Balaban J connectivity index is 1.54. The summed E-state index contributed by atoms with van der Waals surface area (Å²) < 4.78 is 3.82. The van der Waals surface area contributed by atoms with Gasteiger partial charge in [-0.25, -0.2) is 9.36 Å². The molecule has 0 radical (unpaired) electrons. The van der Waals surface area contributed by atoms with Crippen LogP contribution in [0.4, 0.5) is 11.4 Å². The second kappa shape index (κ2) is 7.70. The van der Waals surface area contributed by atoms with Gasteiger partial charge < -0.3 is 5.32 Å². The lowest BCUT2D eigenvalue weighted by atomic mass is 10.0. The predicted molar refractivity (Wildman–Crippen MR) is 130 cm³/mol. The van der Waals surface area contributed by atoms with Crippen molar-refractivity contribution in [2.75, 3.05) is 5.32 Å². The average Bonchev–Trinajstić information content (AvgIpc) is 3.48. The first kappa shape index (κ1) is 19.9. The fraction of sp³-hybridized carbons (Fsp3) is 0.0769. The Kier molecular flexibility index (Phi) is 4.51. The maximum Gasteiger partial charge on any atom is 0.269 e. The van der Waals surface area contributed by atoms with Crippen molar-refractivity contribution in [3.8, 4) is 28.2 Å². The Hall–Kier alpha value is -4.72. The van der Waals surface area contributed by atoms with Crippen LogP contribution in [0.5, 0.6) is 0 Å². The van der Waals surface area contributed by atoms with Crippen LogP contribution in [0.2, 0.25) is 0 Å². The van der Waals surface area contributed by atoms with Crippen LogP contribution in [0, 0.1) is 17.0 Å². The molecule has 1 atom stereocenters. The fourth-order valence-corrected chi connectivity index (χ4v) is 4.43. The number of aryl methyl sites for hydroxylation is 1. The zero-order valence-corrected chi connectivity index (χ0v) is 18.3. The number of rotatable bonds is 4. The maximum atomic E-state index is 11.2. The van der Waals surface area contributed by atoms with E-state index in [1.54, 1.807) is 12.1 Å². The van der Waals surface area contributed by atoms with Crippen molar-refractivity contribution in [1.82, 2.24) is 19.6 Å². The van der Waals surface area contributed by atoms with Crippen LogP contribution in [-0.2, 0) is 0 Å². The number of nitrogens with zero attached hydrogens (tertiary/aromatic N) is 5. The molecule has 3 heterocycles. The van der Waals surface area contributed by atoms with Crippen molar-refractivity contribution in [2.45, 2.75) is 13.1 Å². The number of nitrogens with one attached hydrogen (secondary N) is 1. The first-order valence-corrected chi connectivity index (χ1v) is 10.9. The summed E-state index contributed by atoms with van der Waals surface area (Å²) in [5.41, 5.74) is 7.46. The van der Waals surface area contributed by atoms with Gasteiger partial charge in [-0.15, -0.1) is 0 Å². The van der Waals surface area contributed by atoms with Crippen LogP contribution < -0.4 is 5.32 Å². The van der Waals surface area contributed by atoms with Crippen molar-refractivity contribution in [1.29, 1.82) is 0 Å². The van der Waals surface area contributed by atoms with E-state index in [2.05, 4.69) is 23.5 Å². The topological polar surface area (TPSA) is 90.8 Å². The second-order valence-corrected chi connectivity index (χ2v) is 8.23. The minimum Gasteiger partial charge on any atom is -0.359 e. The summed E-state index contributed by atoms with van der Waals surface area (Å²) in [6, 6.07) is 26.6. The van der Waals surface area contributed by atoms with Crippen molar-refractivity contribution in [2.24, 2.45) is 0 Å². The fourth-order valence-electron chi connectivity index (χ4n) is 4.43. The van der Waals surface area contributed by atoms with Gasteiger partial charge in [0.15, 0.2) is 6.17 Å². The molecule has 1 aliphatic rings. The summed E-state index contributed by atoms with van der Waals surface area (Å²) in [7, 11) is 0. The number of nitro benzene ring substituents is 1. The van der Waals surface area contributed by atoms with Crippen LogP contribution in [0.25, 0.3) is 28.2 Å². The molecule has 1 unspecified atom stereocenters. The highest BCUT2D eigenvalue weighted by Gasteiger charge is 2.30. The quantitative estimate of drug-likeness (QED) is 0.286. The van der Waals surface area contributed by atoms with Gasteiger partial charge in [-0.3, -0.25) is 10.1 Å². The number of anilines is 1. The van der Waals surface area contributed by atoms with E-state index in [4.69, 9.17) is 10.2 Å². The number of hydrogen-bond acceptors (Lipinski definition) is 5. The van der Waals surface area contributed by atoms with Crippen molar-refractivity contribution in [3.63, 3.8) is 0 Å². The predicted octanol–water partition coefficient (Wildman–Crippen LogP) is 5.59. The molecule has 34 heavy (non-hydrogen) atoms. The molecule has 6 rings (SSSR count). The number of hydrogen-bond donors (Lipinski definition) is 1. The molecule has 0 fully saturated rings. The van der Waals surface area contributed by atoms with Crippen LogP contribution in [0.1, 0.15) is 17.4 Å². The Morgan fingerprint density at radius 1 is 0.941 bits per heavy atom. The van der Waals surface area contributed by atoms with Gasteiger partial charge in [0.1, 0.15) is 0 Å². The molecule has 8 heteroatoms. The molecule has 1 N–H and O–H groups in total. The standard InChI is InChI=1S/C26H20N6O2/c1-17-15-24-21-9-5-6-10-23(21)27-26(31(24)28-17)22-16-30(19-7-3-2-4-8-19)29-25(22)18-11-13-20(14-12-18)32(33)34/h2-16,26-27H,1H3. The lowest BCUT2D eigenvalue weighted by Gasteiger charge is -2.29. The molecule has 2 aromatic heterocycles. The summed E-state index contributed by atoms with van der Waals surface area (Å²) in [5, 5.41) is 24.5. The van der Waals surface area contributed by atoms with Gasteiger partial charge in [0, 0.05) is 40.7 Å². The molecule has 0 aliphatic carbocycles.